The summed E-state index contributed by atoms with van der Waals surface area (Å²) in [5.41, 5.74) is 4.94. The Balaban J connectivity index is 1.69. The molecular formula is C23H25ClN4O2S. The molecule has 2 heterocycles. The maximum Gasteiger partial charge on any atom is 0.209 e. The second kappa shape index (κ2) is 10.5. The van der Waals surface area contributed by atoms with Gasteiger partial charge in [0.25, 0.3) is 0 Å². The number of benzene rings is 1. The number of carbonyl (C=O) groups excluding carboxylic acids is 1. The molecule has 0 bridgehead atoms. The van der Waals surface area contributed by atoms with Crippen LogP contribution in [0.2, 0.25) is 5.02 Å². The number of rotatable bonds is 8. The van der Waals surface area contributed by atoms with Crippen LogP contribution in [0, 0.1) is 6.92 Å². The minimum Gasteiger partial charge on any atom is -0.383 e. The van der Waals surface area contributed by atoms with Gasteiger partial charge in [-0.1, -0.05) is 11.6 Å². The van der Waals surface area contributed by atoms with Gasteiger partial charge in [0.15, 0.2) is 5.11 Å². The maximum absolute atomic E-state index is 13.0. The number of methoxy groups -OCH3 is 1. The molecule has 31 heavy (non-hydrogen) atoms. The zero-order chi connectivity index (χ0) is 22.4. The van der Waals surface area contributed by atoms with Crippen molar-refractivity contribution >= 4 is 40.4 Å². The topological polar surface area (TPSA) is 68.2 Å². The minimum atomic E-state index is -0.0232. The Morgan fingerprint density at radius 3 is 2.61 bits per heavy atom. The van der Waals surface area contributed by atoms with E-state index in [0.29, 0.717) is 41.0 Å². The van der Waals surface area contributed by atoms with Gasteiger partial charge in [0, 0.05) is 49.1 Å². The van der Waals surface area contributed by atoms with Crippen molar-refractivity contribution < 1.29 is 9.53 Å². The second-order valence-electron chi connectivity index (χ2n) is 7.15. The van der Waals surface area contributed by atoms with E-state index in [2.05, 4.69) is 15.6 Å². The van der Waals surface area contributed by atoms with Crippen molar-refractivity contribution in [2.24, 2.45) is 7.05 Å². The van der Waals surface area contributed by atoms with E-state index in [1.165, 1.54) is 0 Å². The van der Waals surface area contributed by atoms with E-state index in [1.807, 2.05) is 36.7 Å². The smallest absolute Gasteiger partial charge is 0.209 e. The number of aryl methyl sites for hydroxylation is 1. The van der Waals surface area contributed by atoms with Crippen LogP contribution in [0.4, 0.5) is 5.69 Å². The fraction of sp³-hybridized carbons (Fsp3) is 0.261. The normalized spacial score (nSPS) is 10.7. The lowest BCUT2D eigenvalue weighted by Gasteiger charge is -2.11. The molecule has 6 nitrogen and oxygen atoms in total. The van der Waals surface area contributed by atoms with Crippen LogP contribution in [0.25, 0.3) is 0 Å². The average Bonchev–Trinajstić information content (AvgIpc) is 3.02. The number of ether oxygens (including phenoxy) is 1. The molecule has 3 aromatic rings. The Morgan fingerprint density at radius 1 is 1.23 bits per heavy atom. The van der Waals surface area contributed by atoms with Crippen molar-refractivity contribution in [1.29, 1.82) is 0 Å². The highest BCUT2D eigenvalue weighted by atomic mass is 35.5. The molecule has 0 unspecified atom stereocenters. The zero-order valence-electron chi connectivity index (χ0n) is 17.7. The summed E-state index contributed by atoms with van der Waals surface area (Å²) in [6.45, 7) is 3.17. The molecule has 0 radical (unpaired) electrons. The highest BCUT2D eigenvalue weighted by Gasteiger charge is 2.18. The number of hydrogen-bond acceptors (Lipinski definition) is 4. The Kier molecular flexibility index (Phi) is 7.79. The van der Waals surface area contributed by atoms with Crippen molar-refractivity contribution in [3.05, 3.63) is 81.9 Å². The molecule has 2 aromatic heterocycles. The number of halogens is 1. The van der Waals surface area contributed by atoms with Crippen LogP contribution in [0.3, 0.4) is 0 Å². The predicted octanol–water partition coefficient (Wildman–Crippen LogP) is 4.14. The third-order valence-corrected chi connectivity index (χ3v) is 5.38. The van der Waals surface area contributed by atoms with Crippen LogP contribution in [0.15, 0.2) is 48.7 Å². The largest absolute Gasteiger partial charge is 0.383 e. The second-order valence-corrected chi connectivity index (χ2v) is 8.00. The van der Waals surface area contributed by atoms with E-state index in [9.17, 15) is 4.79 Å². The van der Waals surface area contributed by atoms with Gasteiger partial charge in [-0.3, -0.25) is 9.78 Å². The van der Waals surface area contributed by atoms with Gasteiger partial charge in [0.1, 0.15) is 0 Å². The quantitative estimate of drug-likeness (QED) is 0.301. The van der Waals surface area contributed by atoms with Crippen molar-refractivity contribution in [1.82, 2.24) is 14.9 Å². The molecule has 0 spiro atoms. The molecule has 0 amide bonds. The van der Waals surface area contributed by atoms with E-state index < -0.39 is 0 Å². The average molecular weight is 457 g/mol. The number of nitrogens with zero attached hydrogens (tertiary/aromatic N) is 2. The predicted molar refractivity (Wildman–Crippen MR) is 128 cm³/mol. The van der Waals surface area contributed by atoms with Crippen molar-refractivity contribution in [2.45, 2.75) is 13.3 Å². The van der Waals surface area contributed by atoms with Crippen LogP contribution >= 0.6 is 23.8 Å². The van der Waals surface area contributed by atoms with Gasteiger partial charge >= 0.3 is 0 Å². The van der Waals surface area contributed by atoms with Gasteiger partial charge in [-0.15, -0.1) is 0 Å². The fourth-order valence-corrected chi connectivity index (χ4v) is 3.64. The van der Waals surface area contributed by atoms with Gasteiger partial charge in [-0.2, -0.15) is 0 Å². The molecule has 1 aromatic carbocycles. The molecule has 0 saturated heterocycles. The fourth-order valence-electron chi connectivity index (χ4n) is 3.29. The van der Waals surface area contributed by atoms with E-state index in [1.54, 1.807) is 37.6 Å². The van der Waals surface area contributed by atoms with Crippen LogP contribution in [-0.2, 0) is 18.2 Å². The molecule has 8 heteroatoms. The maximum atomic E-state index is 13.0. The summed E-state index contributed by atoms with van der Waals surface area (Å²) in [6.07, 6.45) is 2.36. The molecule has 2 N–H and O–H groups in total. The summed E-state index contributed by atoms with van der Waals surface area (Å²) < 4.78 is 6.93. The van der Waals surface area contributed by atoms with Crippen LogP contribution in [-0.4, -0.2) is 40.7 Å². The zero-order valence-corrected chi connectivity index (χ0v) is 19.3. The van der Waals surface area contributed by atoms with Gasteiger partial charge < -0.3 is 19.9 Å². The lowest BCUT2D eigenvalue weighted by molar-refractivity contribution is 0.103. The molecule has 0 aliphatic carbocycles. The highest BCUT2D eigenvalue weighted by molar-refractivity contribution is 7.80. The molecule has 0 aliphatic heterocycles. The number of hydrogen-bond donors (Lipinski definition) is 2. The first-order valence-corrected chi connectivity index (χ1v) is 10.6. The summed E-state index contributed by atoms with van der Waals surface area (Å²) in [7, 11) is 3.55. The molecule has 0 aliphatic rings. The van der Waals surface area contributed by atoms with Gasteiger partial charge in [-0.25, -0.2) is 0 Å². The third kappa shape index (κ3) is 5.91. The Morgan fingerprint density at radius 2 is 1.97 bits per heavy atom. The summed E-state index contributed by atoms with van der Waals surface area (Å²) in [4.78, 5) is 17.5. The van der Waals surface area contributed by atoms with Gasteiger partial charge in [-0.05, 0) is 67.2 Å². The van der Waals surface area contributed by atoms with Crippen molar-refractivity contribution in [2.75, 3.05) is 25.6 Å². The van der Waals surface area contributed by atoms with Crippen molar-refractivity contribution in [3.8, 4) is 0 Å². The number of carbonyl (C=O) groups is 1. The van der Waals surface area contributed by atoms with E-state index >= 15 is 0 Å². The standard InChI is InChI=1S/C23H25ClN4O2S/c1-15-12-20(28(2)21(15)22(29)16-4-6-17(24)7-5-16)13-18-8-9-19(14-26-18)27-23(31)25-10-11-30-3/h4-9,12,14H,10-11,13H2,1-3H3,(H2,25,27,31). The summed E-state index contributed by atoms with van der Waals surface area (Å²) in [5, 5.41) is 7.28. The van der Waals surface area contributed by atoms with Crippen LogP contribution in [0.1, 0.15) is 33.0 Å². The van der Waals surface area contributed by atoms with E-state index in [-0.39, 0.29) is 5.78 Å². The third-order valence-electron chi connectivity index (χ3n) is 4.88. The summed E-state index contributed by atoms with van der Waals surface area (Å²) in [5.74, 6) is -0.0232. The lowest BCUT2D eigenvalue weighted by atomic mass is 10.1. The molecule has 162 valence electrons. The lowest BCUT2D eigenvalue weighted by Crippen LogP contribution is -2.31. The highest BCUT2D eigenvalue weighted by Crippen LogP contribution is 2.21. The summed E-state index contributed by atoms with van der Waals surface area (Å²) >= 11 is 11.2. The van der Waals surface area contributed by atoms with Crippen LogP contribution < -0.4 is 10.6 Å². The Bertz CT molecular complexity index is 1060. The Hall–Kier alpha value is -2.74. The number of pyridine rings is 1. The molecular weight excluding hydrogens is 432 g/mol. The van der Waals surface area contributed by atoms with Gasteiger partial charge in [0.2, 0.25) is 5.78 Å². The van der Waals surface area contributed by atoms with Crippen molar-refractivity contribution in [3.63, 3.8) is 0 Å². The first-order valence-electron chi connectivity index (χ1n) is 9.83. The number of thiocarbonyl (C=S) groups is 1. The molecule has 3 rings (SSSR count). The molecule has 0 saturated carbocycles. The number of nitrogens with one attached hydrogen (secondary N) is 2. The molecule has 0 atom stereocenters. The number of ketones is 1. The first-order chi connectivity index (χ1) is 14.9. The molecule has 0 fully saturated rings. The van der Waals surface area contributed by atoms with E-state index in [4.69, 9.17) is 28.6 Å². The van der Waals surface area contributed by atoms with Crippen LogP contribution in [0.5, 0.6) is 0 Å². The number of anilines is 1. The van der Waals surface area contributed by atoms with Gasteiger partial charge in [0.05, 0.1) is 24.2 Å². The SMILES string of the molecule is COCCNC(=S)Nc1ccc(Cc2cc(C)c(C(=O)c3ccc(Cl)cc3)n2C)nc1. The first kappa shape index (κ1) is 22.9. The number of aromatic nitrogens is 2. The van der Waals surface area contributed by atoms with E-state index in [0.717, 1.165) is 22.6 Å². The monoisotopic (exact) mass is 456 g/mol. The Labute approximate surface area is 192 Å². The minimum absolute atomic E-state index is 0.0232. The summed E-state index contributed by atoms with van der Waals surface area (Å²) in [6, 6.07) is 12.9.